The lowest BCUT2D eigenvalue weighted by molar-refractivity contribution is -0.116. The van der Waals surface area contributed by atoms with E-state index in [2.05, 4.69) is 5.32 Å². The fourth-order valence-electron chi connectivity index (χ4n) is 1.04. The summed E-state index contributed by atoms with van der Waals surface area (Å²) in [6.07, 6.45) is 2.02. The van der Waals surface area contributed by atoms with Crippen LogP contribution >= 0.6 is 0 Å². The normalized spacial score (nSPS) is 9.43. The summed E-state index contributed by atoms with van der Waals surface area (Å²) in [7, 11) is 0. The Morgan fingerprint density at radius 3 is 3.00 bits per heavy atom. The van der Waals surface area contributed by atoms with Crippen LogP contribution in [0.5, 0.6) is 0 Å². The zero-order valence-electron chi connectivity index (χ0n) is 7.79. The summed E-state index contributed by atoms with van der Waals surface area (Å²) in [5.74, 6) is -0.0981. The average Bonchev–Trinajstić information content (AvgIpc) is 2.15. The third kappa shape index (κ3) is 3.26. The number of benzene rings is 1. The average molecular weight is 191 g/mol. The summed E-state index contributed by atoms with van der Waals surface area (Å²) in [5.41, 5.74) is 6.86. The van der Waals surface area contributed by atoms with Crippen molar-refractivity contribution >= 4 is 23.5 Å². The van der Waals surface area contributed by atoms with Gasteiger partial charge in [-0.25, -0.2) is 0 Å². The Hall–Kier alpha value is -1.84. The van der Waals surface area contributed by atoms with Crippen LogP contribution in [0.1, 0.15) is 12.8 Å². The van der Waals surface area contributed by atoms with E-state index in [4.69, 9.17) is 11.1 Å². The van der Waals surface area contributed by atoms with E-state index >= 15 is 0 Å². The number of nitrogens with one attached hydrogen (secondary N) is 2. The van der Waals surface area contributed by atoms with Crippen molar-refractivity contribution in [2.45, 2.75) is 12.8 Å². The van der Waals surface area contributed by atoms with Crippen molar-refractivity contribution in [2.24, 2.45) is 0 Å². The minimum Gasteiger partial charge on any atom is -0.399 e. The molecule has 0 saturated carbocycles. The first-order valence-corrected chi connectivity index (χ1v) is 4.36. The Labute approximate surface area is 82.6 Å². The molecule has 0 aliphatic rings. The van der Waals surface area contributed by atoms with Gasteiger partial charge in [-0.1, -0.05) is 6.07 Å². The third-order valence-electron chi connectivity index (χ3n) is 1.69. The van der Waals surface area contributed by atoms with E-state index in [1.54, 1.807) is 24.3 Å². The lowest BCUT2D eigenvalue weighted by Gasteiger charge is -2.04. The highest BCUT2D eigenvalue weighted by Crippen LogP contribution is 2.11. The number of carbonyl (C=O) groups excluding carboxylic acids is 1. The summed E-state index contributed by atoms with van der Waals surface area (Å²) >= 11 is 0. The molecule has 1 rings (SSSR count). The molecule has 4 N–H and O–H groups in total. The Balaban J connectivity index is 2.51. The molecule has 74 valence electrons. The second-order valence-electron chi connectivity index (χ2n) is 2.92. The third-order valence-corrected chi connectivity index (χ3v) is 1.69. The van der Waals surface area contributed by atoms with Gasteiger partial charge < -0.3 is 16.5 Å². The predicted octanol–water partition coefficient (Wildman–Crippen LogP) is 1.64. The lowest BCUT2D eigenvalue weighted by Crippen LogP contribution is -2.11. The topological polar surface area (TPSA) is 79.0 Å². The van der Waals surface area contributed by atoms with Crippen molar-refractivity contribution in [3.8, 4) is 0 Å². The van der Waals surface area contributed by atoms with Crippen LogP contribution in [0, 0.1) is 5.41 Å². The molecule has 4 nitrogen and oxygen atoms in total. The van der Waals surface area contributed by atoms with E-state index in [9.17, 15) is 4.79 Å². The van der Waals surface area contributed by atoms with Crippen LogP contribution in [-0.4, -0.2) is 12.1 Å². The van der Waals surface area contributed by atoms with Gasteiger partial charge in [0.1, 0.15) is 0 Å². The van der Waals surface area contributed by atoms with Gasteiger partial charge in [0.25, 0.3) is 0 Å². The SMILES string of the molecule is N=CCCC(=O)Nc1cccc(N)c1. The molecule has 1 amide bonds. The first-order chi connectivity index (χ1) is 6.72. The summed E-state index contributed by atoms with van der Waals surface area (Å²) in [4.78, 5) is 11.2. The molecule has 0 bridgehead atoms. The molecule has 0 saturated heterocycles. The molecule has 0 aliphatic heterocycles. The van der Waals surface area contributed by atoms with Crippen LogP contribution in [0.3, 0.4) is 0 Å². The summed E-state index contributed by atoms with van der Waals surface area (Å²) < 4.78 is 0. The van der Waals surface area contributed by atoms with E-state index in [1.807, 2.05) is 0 Å². The van der Waals surface area contributed by atoms with Gasteiger partial charge in [0.15, 0.2) is 0 Å². The van der Waals surface area contributed by atoms with Gasteiger partial charge in [-0.2, -0.15) is 0 Å². The smallest absolute Gasteiger partial charge is 0.224 e. The number of anilines is 2. The standard InChI is InChI=1S/C10H13N3O/c11-6-2-5-10(14)13-9-4-1-3-8(12)7-9/h1,3-4,6-7,11H,2,5,12H2,(H,13,14). The maximum Gasteiger partial charge on any atom is 0.224 e. The van der Waals surface area contributed by atoms with E-state index in [1.165, 1.54) is 6.21 Å². The Kier molecular flexibility index (Phi) is 3.67. The van der Waals surface area contributed by atoms with Gasteiger partial charge in [0, 0.05) is 17.8 Å². The Morgan fingerprint density at radius 1 is 1.57 bits per heavy atom. The van der Waals surface area contributed by atoms with Crippen LogP contribution < -0.4 is 11.1 Å². The molecular weight excluding hydrogens is 178 g/mol. The minimum atomic E-state index is -0.0981. The van der Waals surface area contributed by atoms with Gasteiger partial charge in [-0.15, -0.1) is 0 Å². The molecule has 0 aliphatic carbocycles. The van der Waals surface area contributed by atoms with Crippen LogP contribution in [0.2, 0.25) is 0 Å². The number of carbonyl (C=O) groups is 1. The molecule has 0 unspecified atom stereocenters. The van der Waals surface area contributed by atoms with Crippen molar-refractivity contribution in [3.63, 3.8) is 0 Å². The van der Waals surface area contributed by atoms with Crippen LogP contribution in [0.25, 0.3) is 0 Å². The van der Waals surface area contributed by atoms with E-state index < -0.39 is 0 Å². The van der Waals surface area contributed by atoms with E-state index in [0.29, 0.717) is 24.2 Å². The van der Waals surface area contributed by atoms with Crippen LogP contribution in [0.4, 0.5) is 11.4 Å². The molecule has 1 aromatic carbocycles. The largest absolute Gasteiger partial charge is 0.399 e. The number of rotatable bonds is 4. The Morgan fingerprint density at radius 2 is 2.36 bits per heavy atom. The maximum absolute atomic E-state index is 11.2. The van der Waals surface area contributed by atoms with Gasteiger partial charge >= 0.3 is 0 Å². The van der Waals surface area contributed by atoms with Crippen molar-refractivity contribution in [2.75, 3.05) is 11.1 Å². The monoisotopic (exact) mass is 191 g/mol. The van der Waals surface area contributed by atoms with Gasteiger partial charge in [-0.05, 0) is 30.8 Å². The number of hydrogen-bond acceptors (Lipinski definition) is 3. The zero-order chi connectivity index (χ0) is 10.4. The number of nitrogens with two attached hydrogens (primary N) is 1. The second-order valence-corrected chi connectivity index (χ2v) is 2.92. The fourth-order valence-corrected chi connectivity index (χ4v) is 1.04. The highest BCUT2D eigenvalue weighted by atomic mass is 16.1. The molecule has 0 aromatic heterocycles. The molecule has 0 spiro atoms. The highest BCUT2D eigenvalue weighted by Gasteiger charge is 2.00. The molecule has 0 atom stereocenters. The van der Waals surface area contributed by atoms with E-state index in [0.717, 1.165) is 0 Å². The zero-order valence-corrected chi connectivity index (χ0v) is 7.79. The Bertz CT molecular complexity index is 336. The van der Waals surface area contributed by atoms with Gasteiger partial charge in [0.2, 0.25) is 5.91 Å². The molecule has 0 fully saturated rings. The van der Waals surface area contributed by atoms with Crippen LogP contribution in [-0.2, 0) is 4.79 Å². The molecule has 1 aromatic rings. The minimum absolute atomic E-state index is 0.0981. The molecule has 14 heavy (non-hydrogen) atoms. The molecule has 0 radical (unpaired) electrons. The predicted molar refractivity (Wildman–Crippen MR) is 57.5 cm³/mol. The van der Waals surface area contributed by atoms with Crippen molar-refractivity contribution in [1.82, 2.24) is 0 Å². The first-order valence-electron chi connectivity index (χ1n) is 4.36. The van der Waals surface area contributed by atoms with Crippen molar-refractivity contribution in [3.05, 3.63) is 24.3 Å². The fraction of sp³-hybridized carbons (Fsp3) is 0.200. The number of nitrogen functional groups attached to an aromatic ring is 1. The lowest BCUT2D eigenvalue weighted by atomic mass is 10.2. The summed E-state index contributed by atoms with van der Waals surface area (Å²) in [6.45, 7) is 0. The maximum atomic E-state index is 11.2. The first kappa shape index (κ1) is 10.2. The molecule has 0 heterocycles. The van der Waals surface area contributed by atoms with Crippen molar-refractivity contribution < 1.29 is 4.79 Å². The highest BCUT2D eigenvalue weighted by molar-refractivity contribution is 5.92. The number of hydrogen-bond donors (Lipinski definition) is 3. The number of amides is 1. The molecular formula is C10H13N3O. The van der Waals surface area contributed by atoms with Crippen molar-refractivity contribution in [1.29, 1.82) is 5.41 Å². The van der Waals surface area contributed by atoms with Crippen LogP contribution in [0.15, 0.2) is 24.3 Å². The van der Waals surface area contributed by atoms with Gasteiger partial charge in [0.05, 0.1) is 0 Å². The summed E-state index contributed by atoms with van der Waals surface area (Å²) in [6, 6.07) is 7.01. The molecule has 4 heteroatoms. The quantitative estimate of drug-likeness (QED) is 0.499. The van der Waals surface area contributed by atoms with E-state index in [-0.39, 0.29) is 5.91 Å². The van der Waals surface area contributed by atoms with Gasteiger partial charge in [-0.3, -0.25) is 4.79 Å². The summed E-state index contributed by atoms with van der Waals surface area (Å²) in [5, 5.41) is 9.48. The second kappa shape index (κ2) is 5.01.